The van der Waals surface area contributed by atoms with Crippen molar-refractivity contribution in [2.75, 3.05) is 44.8 Å². The van der Waals surface area contributed by atoms with Crippen molar-refractivity contribution < 1.29 is 19.4 Å². The summed E-state index contributed by atoms with van der Waals surface area (Å²) in [4.78, 5) is 12.1. The maximum absolute atomic E-state index is 12.1. The molecule has 0 fully saturated rings. The standard InChI is InChI=1S/C16H24N2O4/c1-2-13-10-18-14-9-12(3-4-16(14)22-13)15(20)11-17-5-7-21-8-6-19/h3-4,9,13,17-19H,2,5-8,10-11H2,1H3. The first-order valence-corrected chi connectivity index (χ1v) is 7.71. The van der Waals surface area contributed by atoms with E-state index in [0.717, 1.165) is 24.4 Å². The van der Waals surface area contributed by atoms with Gasteiger partial charge in [-0.25, -0.2) is 0 Å². The number of aliphatic hydroxyl groups is 1. The van der Waals surface area contributed by atoms with E-state index in [4.69, 9.17) is 14.6 Å². The van der Waals surface area contributed by atoms with Gasteiger partial charge in [0.15, 0.2) is 5.78 Å². The highest BCUT2D eigenvalue weighted by Gasteiger charge is 2.18. The number of Topliss-reactive ketones (excluding diaryl/α,β-unsaturated/α-hetero) is 1. The molecular weight excluding hydrogens is 284 g/mol. The molecule has 1 aromatic carbocycles. The first kappa shape index (κ1) is 16.7. The van der Waals surface area contributed by atoms with Gasteiger partial charge in [0, 0.05) is 12.1 Å². The average Bonchev–Trinajstić information content (AvgIpc) is 2.56. The minimum absolute atomic E-state index is 0.0159. The second-order valence-electron chi connectivity index (χ2n) is 5.18. The van der Waals surface area contributed by atoms with E-state index in [0.29, 0.717) is 25.3 Å². The number of nitrogens with one attached hydrogen (secondary N) is 2. The fourth-order valence-corrected chi connectivity index (χ4v) is 2.23. The van der Waals surface area contributed by atoms with Crippen LogP contribution in [0.15, 0.2) is 18.2 Å². The lowest BCUT2D eigenvalue weighted by Crippen LogP contribution is -2.30. The van der Waals surface area contributed by atoms with Gasteiger partial charge in [-0.1, -0.05) is 6.92 Å². The quantitative estimate of drug-likeness (QED) is 0.467. The van der Waals surface area contributed by atoms with Gasteiger partial charge in [0.2, 0.25) is 0 Å². The van der Waals surface area contributed by atoms with E-state index in [1.165, 1.54) is 0 Å². The molecule has 1 heterocycles. The molecular formula is C16H24N2O4. The number of anilines is 1. The van der Waals surface area contributed by atoms with Crippen LogP contribution in [0.2, 0.25) is 0 Å². The van der Waals surface area contributed by atoms with Crippen LogP contribution in [0, 0.1) is 0 Å². The van der Waals surface area contributed by atoms with Gasteiger partial charge in [-0.3, -0.25) is 4.79 Å². The lowest BCUT2D eigenvalue weighted by molar-refractivity contribution is 0.0906. The first-order valence-electron chi connectivity index (χ1n) is 7.71. The Bertz CT molecular complexity index is 493. The molecule has 0 saturated carbocycles. The summed E-state index contributed by atoms with van der Waals surface area (Å²) >= 11 is 0. The Balaban J connectivity index is 1.81. The predicted octanol–water partition coefficient (Wildman–Crippen LogP) is 1.05. The molecule has 2 rings (SSSR count). The summed E-state index contributed by atoms with van der Waals surface area (Å²) in [6.07, 6.45) is 1.14. The molecule has 6 heteroatoms. The summed E-state index contributed by atoms with van der Waals surface area (Å²) in [6, 6.07) is 5.49. The molecule has 0 saturated heterocycles. The van der Waals surface area contributed by atoms with Gasteiger partial charge in [-0.05, 0) is 24.6 Å². The third-order valence-corrected chi connectivity index (χ3v) is 3.52. The zero-order valence-electron chi connectivity index (χ0n) is 12.9. The minimum Gasteiger partial charge on any atom is -0.486 e. The topological polar surface area (TPSA) is 79.8 Å². The number of fused-ring (bicyclic) bond motifs is 1. The molecule has 22 heavy (non-hydrogen) atoms. The normalized spacial score (nSPS) is 16.5. The maximum Gasteiger partial charge on any atom is 0.176 e. The van der Waals surface area contributed by atoms with Crippen molar-refractivity contribution in [3.8, 4) is 5.75 Å². The summed E-state index contributed by atoms with van der Waals surface area (Å²) in [5.74, 6) is 0.837. The Morgan fingerprint density at radius 3 is 3.14 bits per heavy atom. The molecule has 3 N–H and O–H groups in total. The fraction of sp³-hybridized carbons (Fsp3) is 0.562. The molecule has 0 aromatic heterocycles. The number of ketones is 1. The molecule has 1 aromatic rings. The van der Waals surface area contributed by atoms with Gasteiger partial charge in [-0.2, -0.15) is 0 Å². The third-order valence-electron chi connectivity index (χ3n) is 3.52. The van der Waals surface area contributed by atoms with Gasteiger partial charge in [-0.15, -0.1) is 0 Å². The molecule has 6 nitrogen and oxygen atoms in total. The summed E-state index contributed by atoms with van der Waals surface area (Å²) in [5, 5.41) is 14.9. The van der Waals surface area contributed by atoms with Crippen molar-refractivity contribution in [3.63, 3.8) is 0 Å². The summed E-state index contributed by atoms with van der Waals surface area (Å²) in [6.45, 7) is 4.52. The van der Waals surface area contributed by atoms with Crippen molar-refractivity contribution in [2.45, 2.75) is 19.4 Å². The molecule has 1 atom stereocenters. The van der Waals surface area contributed by atoms with Gasteiger partial charge in [0.25, 0.3) is 0 Å². The first-order chi connectivity index (χ1) is 10.7. The number of hydrogen-bond donors (Lipinski definition) is 3. The third kappa shape index (κ3) is 4.69. The van der Waals surface area contributed by atoms with Crippen LogP contribution in [0.4, 0.5) is 5.69 Å². The number of hydrogen-bond acceptors (Lipinski definition) is 6. The van der Waals surface area contributed by atoms with Crippen molar-refractivity contribution >= 4 is 11.5 Å². The Morgan fingerprint density at radius 2 is 2.36 bits per heavy atom. The zero-order valence-corrected chi connectivity index (χ0v) is 12.9. The average molecular weight is 308 g/mol. The Kier molecular flexibility index (Phi) is 6.64. The second kappa shape index (κ2) is 8.73. The number of aliphatic hydroxyl groups excluding tert-OH is 1. The van der Waals surface area contributed by atoms with Crippen molar-refractivity contribution in [1.29, 1.82) is 0 Å². The van der Waals surface area contributed by atoms with Crippen LogP contribution in [-0.2, 0) is 4.74 Å². The molecule has 1 unspecified atom stereocenters. The van der Waals surface area contributed by atoms with Gasteiger partial charge in [0.05, 0.1) is 38.6 Å². The SMILES string of the molecule is CCC1CNc2cc(C(=O)CNCCOCCO)ccc2O1. The van der Waals surface area contributed by atoms with Crippen molar-refractivity contribution in [2.24, 2.45) is 0 Å². The zero-order chi connectivity index (χ0) is 15.8. The number of benzene rings is 1. The predicted molar refractivity (Wildman–Crippen MR) is 84.7 cm³/mol. The lowest BCUT2D eigenvalue weighted by Gasteiger charge is -2.26. The summed E-state index contributed by atoms with van der Waals surface area (Å²) in [7, 11) is 0. The minimum atomic E-state index is 0.0159. The number of rotatable bonds is 9. The highest BCUT2D eigenvalue weighted by molar-refractivity contribution is 5.98. The van der Waals surface area contributed by atoms with Crippen LogP contribution in [-0.4, -0.2) is 56.4 Å². The van der Waals surface area contributed by atoms with Crippen LogP contribution in [0.3, 0.4) is 0 Å². The van der Waals surface area contributed by atoms with Crippen LogP contribution < -0.4 is 15.4 Å². The number of ether oxygens (including phenoxy) is 2. The van der Waals surface area contributed by atoms with Crippen molar-refractivity contribution in [1.82, 2.24) is 5.32 Å². The van der Waals surface area contributed by atoms with Crippen molar-refractivity contribution in [3.05, 3.63) is 23.8 Å². The molecule has 122 valence electrons. The van der Waals surface area contributed by atoms with Gasteiger partial charge >= 0.3 is 0 Å². The molecule has 1 aliphatic heterocycles. The fourth-order valence-electron chi connectivity index (χ4n) is 2.23. The maximum atomic E-state index is 12.1. The van der Waals surface area contributed by atoms with E-state index in [1.54, 1.807) is 6.07 Å². The van der Waals surface area contributed by atoms with Crippen LogP contribution in [0.5, 0.6) is 5.75 Å². The Labute approximate surface area is 130 Å². The Morgan fingerprint density at radius 1 is 1.50 bits per heavy atom. The van der Waals surface area contributed by atoms with E-state index < -0.39 is 0 Å². The van der Waals surface area contributed by atoms with Gasteiger partial charge in [0.1, 0.15) is 11.9 Å². The van der Waals surface area contributed by atoms with E-state index in [9.17, 15) is 4.79 Å². The Hall–Kier alpha value is -1.63. The highest BCUT2D eigenvalue weighted by atomic mass is 16.5. The molecule has 0 radical (unpaired) electrons. The molecule has 0 aliphatic carbocycles. The van der Waals surface area contributed by atoms with Crippen LogP contribution >= 0.6 is 0 Å². The molecule has 1 aliphatic rings. The summed E-state index contributed by atoms with van der Waals surface area (Å²) in [5.41, 5.74) is 1.54. The van der Waals surface area contributed by atoms with Gasteiger partial charge < -0.3 is 25.2 Å². The van der Waals surface area contributed by atoms with E-state index in [1.807, 2.05) is 12.1 Å². The van der Waals surface area contributed by atoms with E-state index >= 15 is 0 Å². The molecule has 0 amide bonds. The lowest BCUT2D eigenvalue weighted by atomic mass is 10.1. The summed E-state index contributed by atoms with van der Waals surface area (Å²) < 4.78 is 10.9. The number of carbonyl (C=O) groups is 1. The molecule has 0 spiro atoms. The van der Waals surface area contributed by atoms with Crippen LogP contribution in [0.1, 0.15) is 23.7 Å². The van der Waals surface area contributed by atoms with E-state index in [2.05, 4.69) is 17.6 Å². The highest BCUT2D eigenvalue weighted by Crippen LogP contribution is 2.30. The van der Waals surface area contributed by atoms with E-state index in [-0.39, 0.29) is 25.0 Å². The van der Waals surface area contributed by atoms with Crippen LogP contribution in [0.25, 0.3) is 0 Å². The second-order valence-corrected chi connectivity index (χ2v) is 5.18. The monoisotopic (exact) mass is 308 g/mol. The molecule has 0 bridgehead atoms. The largest absolute Gasteiger partial charge is 0.486 e. The smallest absolute Gasteiger partial charge is 0.176 e. The number of carbonyl (C=O) groups excluding carboxylic acids is 1.